The van der Waals surface area contributed by atoms with E-state index in [2.05, 4.69) is 5.32 Å². The fourth-order valence-electron chi connectivity index (χ4n) is 3.18. The third kappa shape index (κ3) is 4.46. The summed E-state index contributed by atoms with van der Waals surface area (Å²) >= 11 is 0. The number of nitrogens with zero attached hydrogens (tertiary/aromatic N) is 2. The Kier molecular flexibility index (Phi) is 5.59. The lowest BCUT2D eigenvalue weighted by Gasteiger charge is -2.12. The molecule has 0 radical (unpaired) electrons. The molecule has 0 saturated heterocycles. The van der Waals surface area contributed by atoms with Crippen molar-refractivity contribution in [2.45, 2.75) is 33.9 Å². The van der Waals surface area contributed by atoms with E-state index < -0.39 is 17.2 Å². The Hall–Kier alpha value is -3.41. The number of carbonyl (C=O) groups excluding carboxylic acids is 1. The number of aryl methyl sites for hydroxylation is 3. The van der Waals surface area contributed by atoms with E-state index in [-0.39, 0.29) is 6.54 Å². The topological polar surface area (TPSA) is 73.1 Å². The summed E-state index contributed by atoms with van der Waals surface area (Å²) in [5.41, 5.74) is 3.72. The average molecular weight is 377 g/mol. The molecular weight excluding hydrogens is 354 g/mol. The molecule has 6 nitrogen and oxygen atoms in total. The molecule has 6 heteroatoms. The highest BCUT2D eigenvalue weighted by molar-refractivity contribution is 5.90. The highest BCUT2D eigenvalue weighted by Gasteiger charge is 2.11. The lowest BCUT2D eigenvalue weighted by atomic mass is 10.1. The number of amides is 1. The van der Waals surface area contributed by atoms with Crippen molar-refractivity contribution in [3.8, 4) is 0 Å². The van der Waals surface area contributed by atoms with Crippen molar-refractivity contribution in [2.24, 2.45) is 0 Å². The third-order valence-corrected chi connectivity index (χ3v) is 4.55. The molecule has 0 fully saturated rings. The van der Waals surface area contributed by atoms with Crippen LogP contribution in [0.3, 0.4) is 0 Å². The predicted octanol–water partition coefficient (Wildman–Crippen LogP) is 2.62. The molecule has 144 valence electrons. The largest absolute Gasteiger partial charge is 0.331 e. The van der Waals surface area contributed by atoms with E-state index in [1.54, 1.807) is 0 Å². The molecular formula is C22H23N3O3. The van der Waals surface area contributed by atoms with E-state index in [0.29, 0.717) is 12.2 Å². The number of carbonyl (C=O) groups is 1. The highest BCUT2D eigenvalue weighted by atomic mass is 16.2. The van der Waals surface area contributed by atoms with Crippen LogP contribution >= 0.6 is 0 Å². The van der Waals surface area contributed by atoms with Gasteiger partial charge >= 0.3 is 5.69 Å². The van der Waals surface area contributed by atoms with E-state index in [1.807, 2.05) is 63.2 Å². The molecule has 28 heavy (non-hydrogen) atoms. The van der Waals surface area contributed by atoms with Crippen LogP contribution in [0.5, 0.6) is 0 Å². The number of benzene rings is 2. The maximum atomic E-state index is 12.7. The zero-order valence-corrected chi connectivity index (χ0v) is 16.2. The molecule has 0 aliphatic rings. The fraction of sp³-hybridized carbons (Fsp3) is 0.227. The Labute approximate surface area is 163 Å². The molecule has 0 spiro atoms. The SMILES string of the molecule is Cc1cc(C)cc(NC(=O)Cn2c(=O)ccn(Cc3ccccc3C)c2=O)c1. The zero-order valence-electron chi connectivity index (χ0n) is 16.2. The molecule has 1 heterocycles. The second-order valence-electron chi connectivity index (χ2n) is 7.00. The van der Waals surface area contributed by atoms with Crippen LogP contribution in [0, 0.1) is 20.8 Å². The van der Waals surface area contributed by atoms with Gasteiger partial charge in [0.2, 0.25) is 5.91 Å². The first-order chi connectivity index (χ1) is 13.3. The molecule has 0 aliphatic heterocycles. The summed E-state index contributed by atoms with van der Waals surface area (Å²) in [5, 5.41) is 2.76. The molecule has 0 unspecified atom stereocenters. The van der Waals surface area contributed by atoms with Crippen LogP contribution < -0.4 is 16.6 Å². The Bertz CT molecular complexity index is 1120. The first kappa shape index (κ1) is 19.4. The molecule has 0 saturated carbocycles. The lowest BCUT2D eigenvalue weighted by Crippen LogP contribution is -2.41. The summed E-state index contributed by atoms with van der Waals surface area (Å²) in [7, 11) is 0. The predicted molar refractivity (Wildman–Crippen MR) is 110 cm³/mol. The molecule has 3 aromatic rings. The minimum absolute atomic E-state index is 0.334. The standard InChI is InChI=1S/C22H23N3O3/c1-15-10-16(2)12-19(11-15)23-20(26)14-25-21(27)8-9-24(22(25)28)13-18-7-5-4-6-17(18)3/h4-12H,13-14H2,1-3H3,(H,23,26). The Balaban J connectivity index is 1.84. The Morgan fingerprint density at radius 3 is 2.32 bits per heavy atom. The van der Waals surface area contributed by atoms with Crippen LogP contribution in [0.15, 0.2) is 64.3 Å². The number of hydrogen-bond donors (Lipinski definition) is 1. The van der Waals surface area contributed by atoms with Crippen LogP contribution in [0.4, 0.5) is 5.69 Å². The van der Waals surface area contributed by atoms with E-state index in [4.69, 9.17) is 0 Å². The number of nitrogens with one attached hydrogen (secondary N) is 1. The quantitative estimate of drug-likeness (QED) is 0.743. The number of anilines is 1. The number of rotatable bonds is 5. The van der Waals surface area contributed by atoms with Crippen molar-refractivity contribution in [1.82, 2.24) is 9.13 Å². The number of hydrogen-bond acceptors (Lipinski definition) is 3. The molecule has 1 N–H and O–H groups in total. The second kappa shape index (κ2) is 8.08. The van der Waals surface area contributed by atoms with Gasteiger partial charge in [0.05, 0.1) is 6.54 Å². The van der Waals surface area contributed by atoms with Crippen molar-refractivity contribution in [3.63, 3.8) is 0 Å². The van der Waals surface area contributed by atoms with Gasteiger partial charge in [-0.05, 0) is 55.2 Å². The lowest BCUT2D eigenvalue weighted by molar-refractivity contribution is -0.116. The smallest absolute Gasteiger partial charge is 0.325 e. The van der Waals surface area contributed by atoms with Gasteiger partial charge in [-0.1, -0.05) is 30.3 Å². The maximum Gasteiger partial charge on any atom is 0.331 e. The van der Waals surface area contributed by atoms with Crippen LogP contribution in [0.1, 0.15) is 22.3 Å². The molecule has 2 aromatic carbocycles. The van der Waals surface area contributed by atoms with Gasteiger partial charge in [0.15, 0.2) is 0 Å². The van der Waals surface area contributed by atoms with Crippen molar-refractivity contribution in [1.29, 1.82) is 0 Å². The van der Waals surface area contributed by atoms with E-state index >= 15 is 0 Å². The van der Waals surface area contributed by atoms with Gasteiger partial charge in [-0.25, -0.2) is 4.79 Å². The van der Waals surface area contributed by atoms with E-state index in [9.17, 15) is 14.4 Å². The van der Waals surface area contributed by atoms with Crippen LogP contribution in [-0.2, 0) is 17.9 Å². The normalized spacial score (nSPS) is 10.7. The number of aromatic nitrogens is 2. The van der Waals surface area contributed by atoms with E-state index in [1.165, 1.54) is 16.8 Å². The first-order valence-corrected chi connectivity index (χ1v) is 9.06. The molecule has 1 amide bonds. The van der Waals surface area contributed by atoms with Crippen molar-refractivity contribution in [2.75, 3.05) is 5.32 Å². The van der Waals surface area contributed by atoms with Gasteiger partial charge in [-0.15, -0.1) is 0 Å². The zero-order chi connectivity index (χ0) is 20.3. The molecule has 0 atom stereocenters. The van der Waals surface area contributed by atoms with Crippen molar-refractivity contribution in [3.05, 3.63) is 97.8 Å². The maximum absolute atomic E-state index is 12.7. The summed E-state index contributed by atoms with van der Waals surface area (Å²) in [6.07, 6.45) is 1.47. The molecule has 3 rings (SSSR count). The van der Waals surface area contributed by atoms with Gasteiger partial charge in [0.1, 0.15) is 6.54 Å². The van der Waals surface area contributed by atoms with Gasteiger partial charge in [-0.2, -0.15) is 0 Å². The summed E-state index contributed by atoms with van der Waals surface area (Å²) in [5.74, 6) is -0.419. The van der Waals surface area contributed by atoms with Crippen molar-refractivity contribution >= 4 is 11.6 Å². The van der Waals surface area contributed by atoms with Crippen LogP contribution in [-0.4, -0.2) is 15.0 Å². The Morgan fingerprint density at radius 1 is 0.964 bits per heavy atom. The average Bonchev–Trinajstić information content (AvgIpc) is 2.62. The monoisotopic (exact) mass is 377 g/mol. The molecule has 0 bridgehead atoms. The molecule has 0 aliphatic carbocycles. The van der Waals surface area contributed by atoms with Gasteiger partial charge in [0, 0.05) is 18.0 Å². The minimum atomic E-state index is -0.508. The summed E-state index contributed by atoms with van der Waals surface area (Å²) in [6.45, 7) is 5.85. The van der Waals surface area contributed by atoms with Crippen molar-refractivity contribution < 1.29 is 4.79 Å². The fourth-order valence-corrected chi connectivity index (χ4v) is 3.18. The van der Waals surface area contributed by atoms with E-state index in [0.717, 1.165) is 26.8 Å². The first-order valence-electron chi connectivity index (χ1n) is 9.06. The molecule has 1 aromatic heterocycles. The summed E-state index contributed by atoms with van der Waals surface area (Å²) < 4.78 is 2.39. The second-order valence-corrected chi connectivity index (χ2v) is 7.00. The van der Waals surface area contributed by atoms with Gasteiger partial charge < -0.3 is 5.32 Å². The highest BCUT2D eigenvalue weighted by Crippen LogP contribution is 2.13. The van der Waals surface area contributed by atoms with Crippen LogP contribution in [0.2, 0.25) is 0 Å². The van der Waals surface area contributed by atoms with Crippen LogP contribution in [0.25, 0.3) is 0 Å². The third-order valence-electron chi connectivity index (χ3n) is 4.55. The van der Waals surface area contributed by atoms with Gasteiger partial charge in [-0.3, -0.25) is 18.7 Å². The Morgan fingerprint density at radius 2 is 1.64 bits per heavy atom. The summed E-state index contributed by atoms with van der Waals surface area (Å²) in [6, 6.07) is 14.7. The summed E-state index contributed by atoms with van der Waals surface area (Å²) in [4.78, 5) is 37.3. The minimum Gasteiger partial charge on any atom is -0.325 e. The van der Waals surface area contributed by atoms with Gasteiger partial charge in [0.25, 0.3) is 5.56 Å².